The first-order chi connectivity index (χ1) is 9.29. The van der Waals surface area contributed by atoms with Gasteiger partial charge in [-0.1, -0.05) is 83.9 Å². The van der Waals surface area contributed by atoms with Crippen LogP contribution in [-0.4, -0.2) is 0 Å². The van der Waals surface area contributed by atoms with Gasteiger partial charge in [0.05, 0.1) is 0 Å². The molecule has 19 heavy (non-hydrogen) atoms. The molecule has 1 atom stereocenters. The molecule has 2 rings (SSSR count). The lowest BCUT2D eigenvalue weighted by molar-refractivity contribution is 0.810. The summed E-state index contributed by atoms with van der Waals surface area (Å²) in [6.07, 6.45) is 4.67. The molecule has 0 saturated carbocycles. The van der Waals surface area contributed by atoms with Crippen molar-refractivity contribution in [3.8, 4) is 0 Å². The Morgan fingerprint density at radius 3 is 2.26 bits per heavy atom. The van der Waals surface area contributed by atoms with Crippen molar-refractivity contribution in [2.75, 3.05) is 0 Å². The molecule has 0 heterocycles. The van der Waals surface area contributed by atoms with Gasteiger partial charge in [-0.05, 0) is 36.0 Å². The predicted molar refractivity (Wildman–Crippen MR) is 86.9 cm³/mol. The molecule has 0 bridgehead atoms. The van der Waals surface area contributed by atoms with E-state index in [4.69, 9.17) is 0 Å². The normalized spacial score (nSPS) is 12.3. The van der Waals surface area contributed by atoms with E-state index in [2.05, 4.69) is 77.5 Å². The minimum atomic E-state index is 0.448. The Labute approximate surface area is 125 Å². The van der Waals surface area contributed by atoms with Crippen LogP contribution < -0.4 is 0 Å². The zero-order valence-electron chi connectivity index (χ0n) is 11.5. The minimum absolute atomic E-state index is 0.448. The van der Waals surface area contributed by atoms with Crippen LogP contribution in [-0.2, 0) is 12.8 Å². The zero-order chi connectivity index (χ0) is 13.5. The highest BCUT2D eigenvalue weighted by Gasteiger charge is 2.07. The van der Waals surface area contributed by atoms with Gasteiger partial charge in [-0.3, -0.25) is 0 Å². The summed E-state index contributed by atoms with van der Waals surface area (Å²) in [6, 6.07) is 19.7. The van der Waals surface area contributed by atoms with Crippen molar-refractivity contribution >= 4 is 15.9 Å². The third kappa shape index (κ3) is 4.50. The average Bonchev–Trinajstić information content (AvgIpc) is 2.46. The van der Waals surface area contributed by atoms with Gasteiger partial charge < -0.3 is 0 Å². The number of halogens is 1. The Bertz CT molecular complexity index is 490. The van der Waals surface area contributed by atoms with Gasteiger partial charge in [0.15, 0.2) is 0 Å². The van der Waals surface area contributed by atoms with Crippen molar-refractivity contribution in [1.82, 2.24) is 0 Å². The third-order valence-electron chi connectivity index (χ3n) is 3.38. The summed E-state index contributed by atoms with van der Waals surface area (Å²) in [5, 5.41) is 0. The van der Waals surface area contributed by atoms with Crippen molar-refractivity contribution in [3.63, 3.8) is 0 Å². The summed E-state index contributed by atoms with van der Waals surface area (Å²) in [7, 11) is 0. The lowest BCUT2D eigenvalue weighted by atomic mass is 10.0. The van der Waals surface area contributed by atoms with Crippen LogP contribution in [0.15, 0.2) is 54.6 Å². The Morgan fingerprint density at radius 2 is 1.58 bits per heavy atom. The minimum Gasteiger partial charge on any atom is -0.0839 e. The molecule has 0 nitrogen and oxygen atoms in total. The molecule has 0 fully saturated rings. The summed E-state index contributed by atoms with van der Waals surface area (Å²) in [5.74, 6) is 0. The number of aryl methyl sites for hydroxylation is 2. The van der Waals surface area contributed by atoms with Crippen LogP contribution >= 0.6 is 15.9 Å². The predicted octanol–water partition coefficient (Wildman–Crippen LogP) is 5.71. The number of benzene rings is 2. The first-order valence-electron chi connectivity index (χ1n) is 7.06. The molecule has 0 amide bonds. The van der Waals surface area contributed by atoms with Crippen LogP contribution in [0.1, 0.15) is 41.3 Å². The quantitative estimate of drug-likeness (QED) is 0.599. The second-order valence-corrected chi connectivity index (χ2v) is 6.09. The van der Waals surface area contributed by atoms with Crippen molar-refractivity contribution in [1.29, 1.82) is 0 Å². The Morgan fingerprint density at radius 1 is 0.895 bits per heavy atom. The standard InChI is InChI=1S/C18H21Br/c1-2-7-15-8-6-9-16(14-15)12-13-18(19)17-10-4-3-5-11-17/h3-6,8-11,14,18H,2,7,12-13H2,1H3. The number of alkyl halides is 1. The van der Waals surface area contributed by atoms with Crippen molar-refractivity contribution in [2.24, 2.45) is 0 Å². The number of rotatable bonds is 6. The van der Waals surface area contributed by atoms with Crippen molar-refractivity contribution < 1.29 is 0 Å². The Kier molecular flexibility index (Phi) is 5.65. The molecular formula is C18H21Br. The van der Waals surface area contributed by atoms with Gasteiger partial charge in [-0.15, -0.1) is 0 Å². The highest BCUT2D eigenvalue weighted by atomic mass is 79.9. The van der Waals surface area contributed by atoms with Crippen molar-refractivity contribution in [2.45, 2.75) is 37.4 Å². The van der Waals surface area contributed by atoms with E-state index in [1.54, 1.807) is 0 Å². The van der Waals surface area contributed by atoms with E-state index in [1.165, 1.54) is 29.5 Å². The van der Waals surface area contributed by atoms with Gasteiger partial charge in [-0.2, -0.15) is 0 Å². The van der Waals surface area contributed by atoms with Crippen molar-refractivity contribution in [3.05, 3.63) is 71.3 Å². The number of hydrogen-bond donors (Lipinski definition) is 0. The molecule has 0 spiro atoms. The summed E-state index contributed by atoms with van der Waals surface area (Å²) in [4.78, 5) is 0.448. The largest absolute Gasteiger partial charge is 0.0839 e. The third-order valence-corrected chi connectivity index (χ3v) is 4.36. The number of hydrogen-bond acceptors (Lipinski definition) is 0. The van der Waals surface area contributed by atoms with E-state index < -0.39 is 0 Å². The maximum Gasteiger partial charge on any atom is 0.0398 e. The van der Waals surface area contributed by atoms with Gasteiger partial charge in [-0.25, -0.2) is 0 Å². The summed E-state index contributed by atoms with van der Waals surface area (Å²) in [5.41, 5.74) is 4.28. The van der Waals surface area contributed by atoms with Gasteiger partial charge in [0.2, 0.25) is 0 Å². The van der Waals surface area contributed by atoms with E-state index in [0.29, 0.717) is 4.83 Å². The fourth-order valence-electron chi connectivity index (χ4n) is 2.35. The summed E-state index contributed by atoms with van der Waals surface area (Å²) in [6.45, 7) is 2.23. The highest BCUT2D eigenvalue weighted by molar-refractivity contribution is 9.09. The lowest BCUT2D eigenvalue weighted by Gasteiger charge is -2.10. The van der Waals surface area contributed by atoms with E-state index in [0.717, 1.165) is 12.8 Å². The molecule has 0 N–H and O–H groups in total. The first-order valence-corrected chi connectivity index (χ1v) is 7.98. The van der Waals surface area contributed by atoms with E-state index in [-0.39, 0.29) is 0 Å². The smallest absolute Gasteiger partial charge is 0.0398 e. The fourth-order valence-corrected chi connectivity index (χ4v) is 2.89. The van der Waals surface area contributed by atoms with Gasteiger partial charge in [0.1, 0.15) is 0 Å². The maximum atomic E-state index is 3.79. The van der Waals surface area contributed by atoms with Gasteiger partial charge in [0.25, 0.3) is 0 Å². The summed E-state index contributed by atoms with van der Waals surface area (Å²) < 4.78 is 0. The second-order valence-electron chi connectivity index (χ2n) is 4.99. The first kappa shape index (κ1) is 14.3. The van der Waals surface area contributed by atoms with E-state index >= 15 is 0 Å². The molecule has 0 aliphatic rings. The maximum absolute atomic E-state index is 3.79. The van der Waals surface area contributed by atoms with Crippen LogP contribution in [0.3, 0.4) is 0 Å². The zero-order valence-corrected chi connectivity index (χ0v) is 13.1. The fraction of sp³-hybridized carbons (Fsp3) is 0.333. The lowest BCUT2D eigenvalue weighted by Crippen LogP contribution is -1.94. The topological polar surface area (TPSA) is 0 Å². The molecular weight excluding hydrogens is 296 g/mol. The van der Waals surface area contributed by atoms with Gasteiger partial charge in [0, 0.05) is 4.83 Å². The van der Waals surface area contributed by atoms with Crippen LogP contribution in [0, 0.1) is 0 Å². The molecule has 0 saturated heterocycles. The monoisotopic (exact) mass is 316 g/mol. The highest BCUT2D eigenvalue weighted by Crippen LogP contribution is 2.27. The molecule has 0 aromatic heterocycles. The molecule has 2 aromatic carbocycles. The van der Waals surface area contributed by atoms with Crippen LogP contribution in [0.25, 0.3) is 0 Å². The van der Waals surface area contributed by atoms with Crippen LogP contribution in [0.4, 0.5) is 0 Å². The average molecular weight is 317 g/mol. The van der Waals surface area contributed by atoms with Crippen LogP contribution in [0.5, 0.6) is 0 Å². The SMILES string of the molecule is CCCc1cccc(CCC(Br)c2ccccc2)c1. The molecule has 0 aliphatic carbocycles. The molecule has 0 aliphatic heterocycles. The van der Waals surface area contributed by atoms with Crippen LogP contribution in [0.2, 0.25) is 0 Å². The molecule has 0 radical (unpaired) electrons. The Balaban J connectivity index is 1.93. The van der Waals surface area contributed by atoms with Gasteiger partial charge >= 0.3 is 0 Å². The van der Waals surface area contributed by atoms with E-state index in [9.17, 15) is 0 Å². The second kappa shape index (κ2) is 7.49. The molecule has 1 unspecified atom stereocenters. The molecule has 2 aromatic rings. The summed E-state index contributed by atoms with van der Waals surface area (Å²) >= 11 is 3.79. The Hall–Kier alpha value is -1.08. The molecule has 1 heteroatoms. The van der Waals surface area contributed by atoms with E-state index in [1.807, 2.05) is 0 Å². The molecule has 100 valence electrons.